The number of hydrogen-bond acceptors (Lipinski definition) is 4. The van der Waals surface area contributed by atoms with E-state index in [0.717, 1.165) is 6.07 Å². The van der Waals surface area contributed by atoms with Crippen molar-refractivity contribution in [2.75, 3.05) is 26.2 Å². The van der Waals surface area contributed by atoms with Crippen molar-refractivity contribution in [3.05, 3.63) is 30.1 Å². The van der Waals surface area contributed by atoms with Gasteiger partial charge in [0.2, 0.25) is 20.0 Å². The molecule has 1 aromatic rings. The Morgan fingerprint density at radius 2 is 1.55 bits per heavy atom. The van der Waals surface area contributed by atoms with Crippen molar-refractivity contribution >= 4 is 20.0 Å². The van der Waals surface area contributed by atoms with E-state index in [9.17, 15) is 21.2 Å². The van der Waals surface area contributed by atoms with Gasteiger partial charge in [-0.3, -0.25) is 0 Å². The molecule has 0 unspecified atom stereocenters. The lowest BCUT2D eigenvalue weighted by molar-refractivity contribution is 0.272. The van der Waals surface area contributed by atoms with E-state index in [1.807, 2.05) is 0 Å². The van der Waals surface area contributed by atoms with Gasteiger partial charge in [-0.25, -0.2) is 21.2 Å². The summed E-state index contributed by atoms with van der Waals surface area (Å²) in [5, 5.41) is -0.293. The third-order valence-corrected chi connectivity index (χ3v) is 8.23. The summed E-state index contributed by atoms with van der Waals surface area (Å²) in [5.41, 5.74) is 0. The molecule has 6 nitrogen and oxygen atoms in total. The molecule has 0 bridgehead atoms. The van der Waals surface area contributed by atoms with Crippen LogP contribution < -0.4 is 0 Å². The maximum atomic E-state index is 13.2. The molecular weight excluding hydrogens is 331 g/mol. The molecule has 0 amide bonds. The zero-order chi connectivity index (χ0) is 16.0. The van der Waals surface area contributed by atoms with E-state index >= 15 is 0 Å². The molecule has 1 saturated carbocycles. The SMILES string of the molecule is O=S(=O)(c1cccc(F)c1)N1CCN(S(=O)(=O)C2CC2)CC1. The molecule has 0 spiro atoms. The number of nitrogens with zero attached hydrogens (tertiary/aromatic N) is 2. The normalized spacial score (nSPS) is 21.9. The van der Waals surface area contributed by atoms with Crippen LogP contribution in [0.25, 0.3) is 0 Å². The third kappa shape index (κ3) is 2.90. The largest absolute Gasteiger partial charge is 0.243 e. The Labute approximate surface area is 129 Å². The highest BCUT2D eigenvalue weighted by atomic mass is 32.2. The Morgan fingerprint density at radius 1 is 0.955 bits per heavy atom. The van der Waals surface area contributed by atoms with Gasteiger partial charge in [0.1, 0.15) is 5.82 Å². The molecule has 1 heterocycles. The molecule has 9 heteroatoms. The number of benzene rings is 1. The molecule has 2 fully saturated rings. The number of rotatable bonds is 4. The first-order valence-corrected chi connectivity index (χ1v) is 10.0. The Bertz CT molecular complexity index is 767. The summed E-state index contributed by atoms with van der Waals surface area (Å²) in [6.07, 6.45) is 1.37. The van der Waals surface area contributed by atoms with Gasteiger partial charge in [0.05, 0.1) is 10.1 Å². The average molecular weight is 348 g/mol. The van der Waals surface area contributed by atoms with Gasteiger partial charge in [-0.15, -0.1) is 0 Å². The second-order valence-electron chi connectivity index (χ2n) is 5.50. The van der Waals surface area contributed by atoms with Crippen LogP contribution in [0.5, 0.6) is 0 Å². The van der Waals surface area contributed by atoms with Gasteiger partial charge in [-0.2, -0.15) is 8.61 Å². The van der Waals surface area contributed by atoms with Crippen LogP contribution in [-0.2, 0) is 20.0 Å². The van der Waals surface area contributed by atoms with Gasteiger partial charge in [-0.1, -0.05) is 6.07 Å². The summed E-state index contributed by atoms with van der Waals surface area (Å²) in [5.74, 6) is -0.615. The van der Waals surface area contributed by atoms with Crippen LogP contribution in [0.4, 0.5) is 4.39 Å². The van der Waals surface area contributed by atoms with E-state index < -0.39 is 25.9 Å². The highest BCUT2D eigenvalue weighted by Crippen LogP contribution is 2.31. The van der Waals surface area contributed by atoms with Crippen LogP contribution in [0, 0.1) is 5.82 Å². The van der Waals surface area contributed by atoms with E-state index in [1.54, 1.807) is 0 Å². The number of halogens is 1. The van der Waals surface area contributed by atoms with Crippen molar-refractivity contribution < 1.29 is 21.2 Å². The van der Waals surface area contributed by atoms with Crippen LogP contribution in [0.3, 0.4) is 0 Å². The van der Waals surface area contributed by atoms with Gasteiger partial charge < -0.3 is 0 Å². The highest BCUT2D eigenvalue weighted by Gasteiger charge is 2.42. The minimum absolute atomic E-state index is 0.0881. The number of hydrogen-bond donors (Lipinski definition) is 0. The fraction of sp³-hybridized carbons (Fsp3) is 0.538. The molecule has 2 aliphatic rings. The summed E-state index contributed by atoms with van der Waals surface area (Å²) in [4.78, 5) is -0.106. The standard InChI is InChI=1S/C13H17FN2O4S2/c14-11-2-1-3-13(10-11)22(19,20)16-8-6-15(7-9-16)21(17,18)12-4-5-12/h1-3,10,12H,4-9H2. The minimum Gasteiger partial charge on any atom is -0.212 e. The van der Waals surface area contributed by atoms with Crippen molar-refractivity contribution in [2.45, 2.75) is 23.0 Å². The molecule has 0 N–H and O–H groups in total. The van der Waals surface area contributed by atoms with Gasteiger partial charge in [0, 0.05) is 26.2 Å². The van der Waals surface area contributed by atoms with Crippen LogP contribution in [0.1, 0.15) is 12.8 Å². The fourth-order valence-corrected chi connectivity index (χ4v) is 5.80. The van der Waals surface area contributed by atoms with Crippen LogP contribution in [0.2, 0.25) is 0 Å². The van der Waals surface area contributed by atoms with Crippen LogP contribution >= 0.6 is 0 Å². The summed E-state index contributed by atoms with van der Waals surface area (Å²) < 4.78 is 64.9. The van der Waals surface area contributed by atoms with Gasteiger partial charge in [0.15, 0.2) is 0 Å². The first-order chi connectivity index (χ1) is 10.3. The molecule has 0 aromatic heterocycles. The number of sulfonamides is 2. The average Bonchev–Trinajstić information content (AvgIpc) is 3.32. The lowest BCUT2D eigenvalue weighted by atomic mass is 10.4. The monoisotopic (exact) mass is 348 g/mol. The lowest BCUT2D eigenvalue weighted by Crippen LogP contribution is -2.51. The molecule has 0 radical (unpaired) electrons. The van der Waals surface area contributed by atoms with Crippen molar-refractivity contribution in [3.8, 4) is 0 Å². The predicted molar refractivity (Wildman–Crippen MR) is 78.7 cm³/mol. The van der Waals surface area contributed by atoms with Crippen molar-refractivity contribution in [1.29, 1.82) is 0 Å². The maximum Gasteiger partial charge on any atom is 0.243 e. The van der Waals surface area contributed by atoms with Crippen molar-refractivity contribution in [3.63, 3.8) is 0 Å². The van der Waals surface area contributed by atoms with Gasteiger partial charge in [-0.05, 0) is 31.0 Å². The quantitative estimate of drug-likeness (QED) is 0.800. The molecule has 3 rings (SSSR count). The zero-order valence-corrected chi connectivity index (χ0v) is 13.5. The summed E-state index contributed by atoms with van der Waals surface area (Å²) in [6, 6.07) is 4.84. The van der Waals surface area contributed by atoms with E-state index in [0.29, 0.717) is 12.8 Å². The Balaban J connectivity index is 1.73. The van der Waals surface area contributed by atoms with E-state index in [1.165, 1.54) is 26.8 Å². The molecule has 22 heavy (non-hydrogen) atoms. The van der Waals surface area contributed by atoms with Crippen molar-refractivity contribution in [1.82, 2.24) is 8.61 Å². The molecule has 122 valence electrons. The maximum absolute atomic E-state index is 13.2. The second-order valence-corrected chi connectivity index (χ2v) is 9.66. The first-order valence-electron chi connectivity index (χ1n) is 7.06. The first kappa shape index (κ1) is 15.9. The predicted octanol–water partition coefficient (Wildman–Crippen LogP) is 0.624. The highest BCUT2D eigenvalue weighted by molar-refractivity contribution is 7.90. The molecule has 0 atom stereocenters. The summed E-state index contributed by atoms with van der Waals surface area (Å²) in [7, 11) is -7.06. The van der Waals surface area contributed by atoms with Gasteiger partial charge in [0.25, 0.3) is 0 Å². The topological polar surface area (TPSA) is 74.8 Å². The van der Waals surface area contributed by atoms with Gasteiger partial charge >= 0.3 is 0 Å². The van der Waals surface area contributed by atoms with Crippen molar-refractivity contribution in [2.24, 2.45) is 0 Å². The minimum atomic E-state index is -3.79. The summed E-state index contributed by atoms with van der Waals surface area (Å²) >= 11 is 0. The van der Waals surface area contributed by atoms with Crippen LogP contribution in [0.15, 0.2) is 29.2 Å². The number of piperazine rings is 1. The fourth-order valence-electron chi connectivity index (χ4n) is 2.52. The molecule has 1 aromatic carbocycles. The van der Waals surface area contributed by atoms with Crippen LogP contribution in [-0.4, -0.2) is 56.9 Å². The molecule has 1 aliphatic heterocycles. The van der Waals surface area contributed by atoms with E-state index in [-0.39, 0.29) is 36.3 Å². The summed E-state index contributed by atoms with van der Waals surface area (Å²) in [6.45, 7) is 0.469. The molecular formula is C13H17FN2O4S2. The van der Waals surface area contributed by atoms with E-state index in [2.05, 4.69) is 0 Å². The molecule has 1 aliphatic carbocycles. The second kappa shape index (κ2) is 5.55. The Morgan fingerprint density at radius 3 is 2.09 bits per heavy atom. The third-order valence-electron chi connectivity index (χ3n) is 3.94. The van der Waals surface area contributed by atoms with E-state index in [4.69, 9.17) is 0 Å². The Kier molecular flexibility index (Phi) is 4.00. The lowest BCUT2D eigenvalue weighted by Gasteiger charge is -2.33. The smallest absolute Gasteiger partial charge is 0.212 e. The Hall–Kier alpha value is -1.03. The zero-order valence-electron chi connectivity index (χ0n) is 11.9. The molecule has 1 saturated heterocycles.